The van der Waals surface area contributed by atoms with Gasteiger partial charge in [0.15, 0.2) is 0 Å². The molecule has 2 atom stereocenters. The first-order valence-electron chi connectivity index (χ1n) is 6.28. The highest BCUT2D eigenvalue weighted by Gasteiger charge is 2.21. The maximum Gasteiger partial charge on any atom is 0.115 e. The number of aryl methyl sites for hydroxylation is 1. The molecular weight excluding hydrogens is 210 g/mol. The molecule has 1 aliphatic carbocycles. The second-order valence-corrected chi connectivity index (χ2v) is 4.62. The molecule has 1 aromatic carbocycles. The zero-order valence-corrected chi connectivity index (χ0v) is 10.2. The molecule has 0 amide bonds. The number of terminal acetylenes is 1. The van der Waals surface area contributed by atoms with Crippen LogP contribution in [-0.4, -0.2) is 11.1 Å². The molecule has 0 heterocycles. The van der Waals surface area contributed by atoms with Crippen LogP contribution in [0.2, 0.25) is 0 Å². The van der Waals surface area contributed by atoms with Gasteiger partial charge in [-0.05, 0) is 48.9 Å². The van der Waals surface area contributed by atoms with E-state index in [1.54, 1.807) is 6.07 Å². The van der Waals surface area contributed by atoms with Crippen molar-refractivity contribution < 1.29 is 5.11 Å². The lowest BCUT2D eigenvalue weighted by atomic mass is 9.87. The highest BCUT2D eigenvalue weighted by molar-refractivity contribution is 5.38. The van der Waals surface area contributed by atoms with E-state index in [0.717, 1.165) is 19.3 Å². The molecule has 1 aliphatic rings. The van der Waals surface area contributed by atoms with Crippen molar-refractivity contribution in [1.29, 1.82) is 0 Å². The minimum Gasteiger partial charge on any atom is -0.508 e. The normalized spacial score (nSPS) is 20.4. The van der Waals surface area contributed by atoms with Crippen LogP contribution >= 0.6 is 0 Å². The highest BCUT2D eigenvalue weighted by atomic mass is 16.3. The Kier molecular flexibility index (Phi) is 3.71. The molecule has 2 rings (SSSR count). The SMILES string of the molecule is C#CC(CC)NC1CCCc2ccc(O)cc21. The van der Waals surface area contributed by atoms with E-state index in [9.17, 15) is 5.11 Å². The fourth-order valence-electron chi connectivity index (χ4n) is 2.49. The van der Waals surface area contributed by atoms with E-state index in [0.29, 0.717) is 5.75 Å². The molecule has 0 fully saturated rings. The van der Waals surface area contributed by atoms with E-state index in [-0.39, 0.29) is 12.1 Å². The van der Waals surface area contributed by atoms with Gasteiger partial charge in [0.1, 0.15) is 5.75 Å². The number of fused-ring (bicyclic) bond motifs is 1. The third-order valence-electron chi connectivity index (χ3n) is 3.46. The zero-order chi connectivity index (χ0) is 12.3. The lowest BCUT2D eigenvalue weighted by molar-refractivity contribution is 0.422. The minimum atomic E-state index is 0.119. The first-order chi connectivity index (χ1) is 8.24. The first-order valence-corrected chi connectivity index (χ1v) is 6.28. The van der Waals surface area contributed by atoms with Crippen LogP contribution in [0.1, 0.15) is 43.4 Å². The smallest absolute Gasteiger partial charge is 0.115 e. The van der Waals surface area contributed by atoms with E-state index in [1.807, 2.05) is 12.1 Å². The topological polar surface area (TPSA) is 32.3 Å². The van der Waals surface area contributed by atoms with Crippen molar-refractivity contribution >= 4 is 0 Å². The van der Waals surface area contributed by atoms with E-state index in [1.165, 1.54) is 17.5 Å². The third kappa shape index (κ3) is 2.62. The molecule has 0 saturated carbocycles. The lowest BCUT2D eigenvalue weighted by Crippen LogP contribution is -2.33. The van der Waals surface area contributed by atoms with E-state index >= 15 is 0 Å². The van der Waals surface area contributed by atoms with Gasteiger partial charge in [-0.2, -0.15) is 0 Å². The maximum absolute atomic E-state index is 9.59. The van der Waals surface area contributed by atoms with Gasteiger partial charge < -0.3 is 5.11 Å². The van der Waals surface area contributed by atoms with Crippen LogP contribution in [0.25, 0.3) is 0 Å². The molecule has 0 saturated heterocycles. The average Bonchev–Trinajstić information content (AvgIpc) is 2.36. The van der Waals surface area contributed by atoms with Gasteiger partial charge in [0, 0.05) is 6.04 Å². The standard InChI is InChI=1S/C15H19NO/c1-3-12(4-2)16-15-7-5-6-11-8-9-13(17)10-14(11)15/h1,8-10,12,15-17H,4-7H2,2H3. The highest BCUT2D eigenvalue weighted by Crippen LogP contribution is 2.32. The van der Waals surface area contributed by atoms with Crippen LogP contribution in [-0.2, 0) is 6.42 Å². The van der Waals surface area contributed by atoms with Gasteiger partial charge in [-0.3, -0.25) is 5.32 Å². The van der Waals surface area contributed by atoms with Crippen molar-refractivity contribution in [2.75, 3.05) is 0 Å². The Morgan fingerprint density at radius 3 is 3.12 bits per heavy atom. The number of phenolic OH excluding ortho intramolecular Hbond substituents is 1. The molecule has 2 nitrogen and oxygen atoms in total. The summed E-state index contributed by atoms with van der Waals surface area (Å²) in [5, 5.41) is 13.1. The van der Waals surface area contributed by atoms with Crippen molar-refractivity contribution in [3.8, 4) is 18.1 Å². The Bertz CT molecular complexity index is 433. The number of hydrogen-bond donors (Lipinski definition) is 2. The summed E-state index contributed by atoms with van der Waals surface area (Å²) in [5.74, 6) is 3.11. The Morgan fingerprint density at radius 1 is 1.59 bits per heavy atom. The molecule has 0 radical (unpaired) electrons. The molecule has 2 heteroatoms. The summed E-state index contributed by atoms with van der Waals surface area (Å²) in [7, 11) is 0. The Balaban J connectivity index is 2.22. The monoisotopic (exact) mass is 229 g/mol. The predicted molar refractivity (Wildman–Crippen MR) is 69.8 cm³/mol. The van der Waals surface area contributed by atoms with E-state index in [2.05, 4.69) is 18.2 Å². The molecule has 2 unspecified atom stereocenters. The van der Waals surface area contributed by atoms with Gasteiger partial charge in [-0.15, -0.1) is 6.42 Å². The molecule has 0 bridgehead atoms. The van der Waals surface area contributed by atoms with Crippen molar-refractivity contribution in [3.63, 3.8) is 0 Å². The average molecular weight is 229 g/mol. The van der Waals surface area contributed by atoms with Gasteiger partial charge >= 0.3 is 0 Å². The summed E-state index contributed by atoms with van der Waals surface area (Å²) in [6.07, 6.45) is 9.79. The first kappa shape index (κ1) is 12.0. The fourth-order valence-corrected chi connectivity index (χ4v) is 2.49. The molecule has 2 N–H and O–H groups in total. The molecule has 0 spiro atoms. The van der Waals surface area contributed by atoms with Crippen LogP contribution in [0.5, 0.6) is 5.75 Å². The zero-order valence-electron chi connectivity index (χ0n) is 10.2. The summed E-state index contributed by atoms with van der Waals surface area (Å²) in [6.45, 7) is 2.09. The van der Waals surface area contributed by atoms with Gasteiger partial charge in [0.05, 0.1) is 6.04 Å². The predicted octanol–water partition coefficient (Wildman–Crippen LogP) is 2.77. The van der Waals surface area contributed by atoms with Gasteiger partial charge in [-0.1, -0.05) is 18.9 Å². The molecule has 90 valence electrons. The van der Waals surface area contributed by atoms with Crippen molar-refractivity contribution in [1.82, 2.24) is 5.32 Å². The van der Waals surface area contributed by atoms with Crippen molar-refractivity contribution in [2.24, 2.45) is 0 Å². The van der Waals surface area contributed by atoms with Gasteiger partial charge in [0.25, 0.3) is 0 Å². The minimum absolute atomic E-state index is 0.119. The number of benzene rings is 1. The van der Waals surface area contributed by atoms with Crippen LogP contribution in [0.3, 0.4) is 0 Å². The fraction of sp³-hybridized carbons (Fsp3) is 0.467. The summed E-state index contributed by atoms with van der Waals surface area (Å²) >= 11 is 0. The number of phenols is 1. The summed E-state index contributed by atoms with van der Waals surface area (Å²) in [5.41, 5.74) is 2.54. The van der Waals surface area contributed by atoms with Gasteiger partial charge in [-0.25, -0.2) is 0 Å². The second kappa shape index (κ2) is 5.25. The number of aromatic hydroxyl groups is 1. The number of nitrogens with one attached hydrogen (secondary N) is 1. The van der Waals surface area contributed by atoms with E-state index < -0.39 is 0 Å². The Labute approximate surface area is 103 Å². The largest absolute Gasteiger partial charge is 0.508 e. The molecule has 17 heavy (non-hydrogen) atoms. The lowest BCUT2D eigenvalue weighted by Gasteiger charge is -2.28. The summed E-state index contributed by atoms with van der Waals surface area (Å²) in [6, 6.07) is 6.06. The number of rotatable bonds is 3. The van der Waals surface area contributed by atoms with Crippen LogP contribution in [0.15, 0.2) is 18.2 Å². The van der Waals surface area contributed by atoms with Crippen molar-refractivity contribution in [2.45, 2.75) is 44.7 Å². The summed E-state index contributed by atoms with van der Waals surface area (Å²) in [4.78, 5) is 0. The van der Waals surface area contributed by atoms with Crippen molar-refractivity contribution in [3.05, 3.63) is 29.3 Å². The molecular formula is C15H19NO. The number of hydrogen-bond acceptors (Lipinski definition) is 2. The Hall–Kier alpha value is -1.46. The van der Waals surface area contributed by atoms with Crippen LogP contribution in [0.4, 0.5) is 0 Å². The van der Waals surface area contributed by atoms with E-state index in [4.69, 9.17) is 6.42 Å². The third-order valence-corrected chi connectivity index (χ3v) is 3.46. The quantitative estimate of drug-likeness (QED) is 0.781. The molecule has 1 aromatic rings. The molecule has 0 aromatic heterocycles. The molecule has 0 aliphatic heterocycles. The summed E-state index contributed by atoms with van der Waals surface area (Å²) < 4.78 is 0. The van der Waals surface area contributed by atoms with Gasteiger partial charge in [0.2, 0.25) is 0 Å². The second-order valence-electron chi connectivity index (χ2n) is 4.62. The van der Waals surface area contributed by atoms with Crippen LogP contribution < -0.4 is 5.32 Å². The Morgan fingerprint density at radius 2 is 2.41 bits per heavy atom. The van der Waals surface area contributed by atoms with Crippen LogP contribution in [0, 0.1) is 12.3 Å². The maximum atomic E-state index is 9.59.